The summed E-state index contributed by atoms with van der Waals surface area (Å²) in [5.74, 6) is -0.000918. The minimum atomic E-state index is -0.106. The van der Waals surface area contributed by atoms with Gasteiger partial charge in [-0.2, -0.15) is 0 Å². The number of carbonyl (C=O) groups is 2. The van der Waals surface area contributed by atoms with Crippen molar-refractivity contribution in [3.63, 3.8) is 0 Å². The lowest BCUT2D eigenvalue weighted by Gasteiger charge is -2.25. The lowest BCUT2D eigenvalue weighted by atomic mass is 10.1. The van der Waals surface area contributed by atoms with E-state index in [0.717, 1.165) is 36.3 Å². The molecule has 3 heterocycles. The van der Waals surface area contributed by atoms with E-state index in [2.05, 4.69) is 10.3 Å². The summed E-state index contributed by atoms with van der Waals surface area (Å²) in [6, 6.07) is 11.3. The van der Waals surface area contributed by atoms with Gasteiger partial charge in [-0.25, -0.2) is 4.79 Å². The molecule has 3 amide bonds. The van der Waals surface area contributed by atoms with Gasteiger partial charge in [-0.1, -0.05) is 12.1 Å². The molecule has 0 unspecified atom stereocenters. The first-order chi connectivity index (χ1) is 12.6. The minimum absolute atomic E-state index is 0.000918. The highest BCUT2D eigenvalue weighted by atomic mass is 16.2. The summed E-state index contributed by atoms with van der Waals surface area (Å²) < 4.78 is 0. The first-order valence-electron chi connectivity index (χ1n) is 9.03. The Morgan fingerprint density at radius 2 is 2.12 bits per heavy atom. The summed E-state index contributed by atoms with van der Waals surface area (Å²) in [6.45, 7) is 3.94. The fraction of sp³-hybridized carbons (Fsp3) is 0.350. The topological polar surface area (TPSA) is 65.5 Å². The Morgan fingerprint density at radius 1 is 1.23 bits per heavy atom. The quantitative estimate of drug-likeness (QED) is 0.926. The molecule has 1 N–H and O–H groups in total. The zero-order valence-electron chi connectivity index (χ0n) is 14.8. The average Bonchev–Trinajstić information content (AvgIpc) is 3.31. The van der Waals surface area contributed by atoms with Gasteiger partial charge in [0.1, 0.15) is 0 Å². The van der Waals surface area contributed by atoms with E-state index in [1.54, 1.807) is 11.1 Å². The Hall–Kier alpha value is -2.89. The number of benzene rings is 1. The van der Waals surface area contributed by atoms with Gasteiger partial charge in [0.05, 0.1) is 11.7 Å². The largest absolute Gasteiger partial charge is 0.336 e. The van der Waals surface area contributed by atoms with Crippen molar-refractivity contribution in [1.82, 2.24) is 15.2 Å². The summed E-state index contributed by atoms with van der Waals surface area (Å²) in [6.07, 6.45) is 3.67. The molecule has 4 rings (SSSR count). The maximum atomic E-state index is 13.2. The Balaban J connectivity index is 1.63. The molecule has 1 aromatic carbocycles. The maximum absolute atomic E-state index is 13.2. The first kappa shape index (κ1) is 16.6. The van der Waals surface area contributed by atoms with Crippen molar-refractivity contribution in [3.05, 3.63) is 59.4 Å². The van der Waals surface area contributed by atoms with Crippen LogP contribution in [0.15, 0.2) is 42.6 Å². The van der Waals surface area contributed by atoms with Crippen LogP contribution in [-0.4, -0.2) is 41.5 Å². The Labute approximate surface area is 152 Å². The zero-order chi connectivity index (χ0) is 18.1. The Bertz CT molecular complexity index is 837. The van der Waals surface area contributed by atoms with Crippen molar-refractivity contribution >= 4 is 17.6 Å². The number of nitrogens with one attached hydrogen (secondary N) is 1. The third-order valence-electron chi connectivity index (χ3n) is 5.15. The second-order valence-electron chi connectivity index (χ2n) is 6.80. The number of carbonyl (C=O) groups excluding carboxylic acids is 2. The molecular weight excluding hydrogens is 328 g/mol. The number of urea groups is 1. The maximum Gasteiger partial charge on any atom is 0.322 e. The van der Waals surface area contributed by atoms with Crippen LogP contribution in [0.2, 0.25) is 0 Å². The first-order valence-corrected chi connectivity index (χ1v) is 9.03. The molecule has 1 atom stereocenters. The van der Waals surface area contributed by atoms with Gasteiger partial charge in [-0.15, -0.1) is 0 Å². The number of likely N-dealkylation sites (tertiary alicyclic amines) is 1. The second-order valence-corrected chi connectivity index (χ2v) is 6.80. The fourth-order valence-electron chi connectivity index (χ4n) is 3.79. The summed E-state index contributed by atoms with van der Waals surface area (Å²) in [7, 11) is 0. The molecule has 134 valence electrons. The third kappa shape index (κ3) is 2.92. The lowest BCUT2D eigenvalue weighted by Crippen LogP contribution is -2.32. The van der Waals surface area contributed by atoms with Crippen molar-refractivity contribution < 1.29 is 9.59 Å². The molecule has 6 heteroatoms. The van der Waals surface area contributed by atoms with Gasteiger partial charge >= 0.3 is 6.03 Å². The van der Waals surface area contributed by atoms with Crippen LogP contribution in [0, 0.1) is 6.92 Å². The number of pyridine rings is 1. The van der Waals surface area contributed by atoms with Gasteiger partial charge in [0, 0.05) is 37.1 Å². The van der Waals surface area contributed by atoms with E-state index in [1.807, 2.05) is 48.2 Å². The summed E-state index contributed by atoms with van der Waals surface area (Å²) in [5.41, 5.74) is 3.35. The number of rotatable bonds is 3. The van der Waals surface area contributed by atoms with Crippen LogP contribution in [0.25, 0.3) is 0 Å². The van der Waals surface area contributed by atoms with Crippen LogP contribution >= 0.6 is 0 Å². The molecule has 2 saturated heterocycles. The van der Waals surface area contributed by atoms with Crippen LogP contribution < -0.4 is 10.2 Å². The monoisotopic (exact) mass is 350 g/mol. The van der Waals surface area contributed by atoms with Crippen LogP contribution in [0.5, 0.6) is 0 Å². The lowest BCUT2D eigenvalue weighted by molar-refractivity contribution is 0.0733. The number of aromatic nitrogens is 1. The molecular formula is C20H22N4O2. The van der Waals surface area contributed by atoms with Crippen molar-refractivity contribution in [1.29, 1.82) is 0 Å². The number of nitrogens with zero attached hydrogens (tertiary/aromatic N) is 3. The molecule has 2 aliphatic heterocycles. The van der Waals surface area contributed by atoms with Crippen LogP contribution in [0.1, 0.15) is 40.5 Å². The number of aryl methyl sites for hydroxylation is 1. The molecule has 2 aliphatic rings. The van der Waals surface area contributed by atoms with Crippen molar-refractivity contribution in [3.8, 4) is 0 Å². The fourth-order valence-corrected chi connectivity index (χ4v) is 3.79. The van der Waals surface area contributed by atoms with E-state index in [4.69, 9.17) is 0 Å². The van der Waals surface area contributed by atoms with E-state index < -0.39 is 0 Å². The predicted octanol–water partition coefficient (Wildman–Crippen LogP) is 2.90. The Morgan fingerprint density at radius 3 is 2.85 bits per heavy atom. The van der Waals surface area contributed by atoms with Gasteiger partial charge in [0.15, 0.2) is 0 Å². The third-order valence-corrected chi connectivity index (χ3v) is 5.15. The normalized spacial score (nSPS) is 19.7. The number of hydrogen-bond donors (Lipinski definition) is 1. The molecule has 0 spiro atoms. The highest BCUT2D eigenvalue weighted by Gasteiger charge is 2.32. The van der Waals surface area contributed by atoms with E-state index in [-0.39, 0.29) is 18.0 Å². The highest BCUT2D eigenvalue weighted by Crippen LogP contribution is 2.33. The molecule has 0 aliphatic carbocycles. The average molecular weight is 350 g/mol. The van der Waals surface area contributed by atoms with E-state index >= 15 is 0 Å². The number of anilines is 1. The van der Waals surface area contributed by atoms with Gasteiger partial charge in [0.2, 0.25) is 0 Å². The van der Waals surface area contributed by atoms with Crippen LogP contribution in [0.4, 0.5) is 10.5 Å². The minimum Gasteiger partial charge on any atom is -0.336 e. The smallest absolute Gasteiger partial charge is 0.322 e. The molecule has 1 aromatic heterocycles. The Kier molecular flexibility index (Phi) is 4.32. The van der Waals surface area contributed by atoms with Crippen LogP contribution in [0.3, 0.4) is 0 Å². The molecule has 0 saturated carbocycles. The summed E-state index contributed by atoms with van der Waals surface area (Å²) in [4.78, 5) is 33.2. The molecule has 2 aromatic rings. The molecule has 26 heavy (non-hydrogen) atoms. The van der Waals surface area contributed by atoms with E-state index in [0.29, 0.717) is 18.7 Å². The SMILES string of the molecule is Cc1ccc(C(=O)N2CCC[C@@H]2c2ccccn2)cc1N1CCNC1=O. The molecule has 0 bridgehead atoms. The van der Waals surface area contributed by atoms with Crippen molar-refractivity contribution in [2.45, 2.75) is 25.8 Å². The van der Waals surface area contributed by atoms with Gasteiger partial charge in [-0.05, 0) is 49.6 Å². The summed E-state index contributed by atoms with van der Waals surface area (Å²) in [5, 5.41) is 2.81. The van der Waals surface area contributed by atoms with Crippen molar-refractivity contribution in [2.75, 3.05) is 24.5 Å². The second kappa shape index (κ2) is 6.78. The van der Waals surface area contributed by atoms with E-state index in [1.165, 1.54) is 0 Å². The van der Waals surface area contributed by atoms with Crippen LogP contribution in [-0.2, 0) is 0 Å². The van der Waals surface area contributed by atoms with Crippen molar-refractivity contribution in [2.24, 2.45) is 0 Å². The molecule has 6 nitrogen and oxygen atoms in total. The predicted molar refractivity (Wildman–Crippen MR) is 99.2 cm³/mol. The standard InChI is InChI=1S/C20H22N4O2/c1-14-7-8-15(13-18(14)24-12-10-22-20(24)26)19(25)23-11-4-6-17(23)16-5-2-3-9-21-16/h2-3,5,7-9,13,17H,4,6,10-12H2,1H3,(H,22,26)/t17-/m1/s1. The molecule has 2 fully saturated rings. The van der Waals surface area contributed by atoms with Gasteiger partial charge < -0.3 is 10.2 Å². The molecule has 0 radical (unpaired) electrons. The number of amides is 3. The van der Waals surface area contributed by atoms with Gasteiger partial charge in [0.25, 0.3) is 5.91 Å². The van der Waals surface area contributed by atoms with Gasteiger partial charge in [-0.3, -0.25) is 14.7 Å². The van der Waals surface area contributed by atoms with E-state index in [9.17, 15) is 9.59 Å². The summed E-state index contributed by atoms with van der Waals surface area (Å²) >= 11 is 0. The zero-order valence-corrected chi connectivity index (χ0v) is 14.8. The number of hydrogen-bond acceptors (Lipinski definition) is 3. The highest BCUT2D eigenvalue weighted by molar-refractivity contribution is 5.99.